The van der Waals surface area contributed by atoms with Crippen molar-refractivity contribution >= 4 is 35.3 Å². The number of anilines is 1. The number of fused-ring (bicyclic) bond motifs is 1. The van der Waals surface area contributed by atoms with Gasteiger partial charge in [-0.05, 0) is 31.4 Å². The Morgan fingerprint density at radius 1 is 0.714 bits per heavy atom. The van der Waals surface area contributed by atoms with Crippen LogP contribution in [0.5, 0.6) is 0 Å². The Kier molecular flexibility index (Phi) is 24.1. The molecule has 17 nitrogen and oxygen atoms in total. The number of piperidine rings is 1. The third kappa shape index (κ3) is 17.3. The largest absolute Gasteiger partial charge is 0.463 e. The number of nitrogens with zero attached hydrogens (tertiary/aromatic N) is 1. The van der Waals surface area contributed by atoms with E-state index in [4.69, 9.17) is 42.6 Å². The van der Waals surface area contributed by atoms with Crippen LogP contribution in [0.15, 0.2) is 18.2 Å². The molecular formula is C39H61N3O14. The Labute approximate surface area is 329 Å². The molecule has 0 bridgehead atoms. The van der Waals surface area contributed by atoms with Crippen molar-refractivity contribution in [3.8, 4) is 0 Å². The Balaban J connectivity index is 1.03. The first-order valence-corrected chi connectivity index (χ1v) is 19.8. The molecule has 1 aromatic rings. The minimum Gasteiger partial charge on any atom is -0.463 e. The maximum atomic E-state index is 13.2. The van der Waals surface area contributed by atoms with Gasteiger partial charge in [-0.25, -0.2) is 0 Å². The number of hydrogen-bond acceptors (Lipinski definition) is 15. The van der Waals surface area contributed by atoms with Crippen LogP contribution in [0, 0.1) is 5.92 Å². The number of esters is 1. The maximum absolute atomic E-state index is 13.2. The highest BCUT2D eigenvalue weighted by Gasteiger charge is 2.45. The van der Waals surface area contributed by atoms with E-state index in [1.165, 1.54) is 0 Å². The first-order chi connectivity index (χ1) is 27.4. The lowest BCUT2D eigenvalue weighted by atomic mass is 10.00. The van der Waals surface area contributed by atoms with E-state index >= 15 is 0 Å². The van der Waals surface area contributed by atoms with E-state index in [-0.39, 0.29) is 42.5 Å². The molecule has 2 unspecified atom stereocenters. The summed E-state index contributed by atoms with van der Waals surface area (Å²) in [6, 6.07) is 3.90. The van der Waals surface area contributed by atoms with Crippen molar-refractivity contribution in [3.05, 3.63) is 29.3 Å². The van der Waals surface area contributed by atoms with Gasteiger partial charge in [-0.3, -0.25) is 34.2 Å². The molecule has 3 rings (SSSR count). The topological polar surface area (TPSA) is 196 Å². The van der Waals surface area contributed by atoms with Crippen LogP contribution < -0.4 is 10.6 Å². The van der Waals surface area contributed by atoms with E-state index in [0.29, 0.717) is 118 Å². The molecule has 0 spiro atoms. The summed E-state index contributed by atoms with van der Waals surface area (Å²) in [7, 11) is 0. The summed E-state index contributed by atoms with van der Waals surface area (Å²) in [5, 5.41) is 5.33. The molecule has 1 saturated heterocycles. The standard InChI is InChI=1S/C39H61N3O14/c1-3-5-7-30(4-2)39(47)56-29-28-55-27-26-54-25-24-53-23-22-52-21-20-51-19-18-50-17-16-49-15-14-48-13-12-40-32-9-6-8-31-35(32)38(46)42(37(31)45)33-10-11-34(43)41-36(33)44/h6,8-9,30,33,40H,3-5,7,10-29H2,1-2H3,(H,41,43,44). The van der Waals surface area contributed by atoms with Gasteiger partial charge in [0.2, 0.25) is 11.8 Å². The molecule has 0 radical (unpaired) electrons. The summed E-state index contributed by atoms with van der Waals surface area (Å²) in [4.78, 5) is 62.9. The van der Waals surface area contributed by atoms with Gasteiger partial charge in [0.1, 0.15) is 12.6 Å². The van der Waals surface area contributed by atoms with E-state index in [1.807, 2.05) is 6.92 Å². The molecule has 0 aromatic heterocycles. The molecule has 2 aliphatic heterocycles. The molecule has 0 aliphatic carbocycles. The SMILES string of the molecule is CCCCC(CC)C(=O)OCCOCCOCCOCCOCCOCCOCCOCCOCCNc1cccc2c1C(=O)N(C1CCC(=O)NC1=O)C2=O. The number of carbonyl (C=O) groups is 5. The Morgan fingerprint density at radius 3 is 1.70 bits per heavy atom. The maximum Gasteiger partial charge on any atom is 0.308 e. The lowest BCUT2D eigenvalue weighted by Gasteiger charge is -2.27. The number of hydrogen-bond donors (Lipinski definition) is 2. The second kappa shape index (κ2) is 28.8. The highest BCUT2D eigenvalue weighted by atomic mass is 16.6. The highest BCUT2D eigenvalue weighted by Crippen LogP contribution is 2.32. The molecular weight excluding hydrogens is 734 g/mol. The van der Waals surface area contributed by atoms with Gasteiger partial charge >= 0.3 is 5.97 Å². The molecule has 2 aliphatic rings. The Morgan fingerprint density at radius 2 is 1.21 bits per heavy atom. The molecule has 17 heteroatoms. The smallest absolute Gasteiger partial charge is 0.308 e. The number of carbonyl (C=O) groups excluding carboxylic acids is 5. The molecule has 316 valence electrons. The lowest BCUT2D eigenvalue weighted by Crippen LogP contribution is -2.54. The summed E-state index contributed by atoms with van der Waals surface area (Å²) in [5.41, 5.74) is 0.901. The zero-order valence-corrected chi connectivity index (χ0v) is 33.0. The molecule has 2 atom stereocenters. The van der Waals surface area contributed by atoms with Gasteiger partial charge in [-0.1, -0.05) is 32.8 Å². The second-order valence-corrected chi connectivity index (χ2v) is 12.9. The third-order valence-electron chi connectivity index (χ3n) is 8.84. The summed E-state index contributed by atoms with van der Waals surface area (Å²) in [5.74, 6) is -2.33. The van der Waals surface area contributed by atoms with Crippen molar-refractivity contribution in [2.24, 2.45) is 5.92 Å². The first kappa shape index (κ1) is 46.8. The summed E-state index contributed by atoms with van der Waals surface area (Å²) >= 11 is 0. The number of unbranched alkanes of at least 4 members (excludes halogenated alkanes) is 1. The predicted octanol–water partition coefficient (Wildman–Crippen LogP) is 2.39. The minimum absolute atomic E-state index is 0.0193. The van der Waals surface area contributed by atoms with Gasteiger partial charge in [0.25, 0.3) is 11.8 Å². The van der Waals surface area contributed by atoms with E-state index in [0.717, 1.165) is 30.6 Å². The number of rotatable bonds is 34. The molecule has 1 fully saturated rings. The Hall–Kier alpha value is -3.55. The number of benzene rings is 1. The van der Waals surface area contributed by atoms with Crippen LogP contribution >= 0.6 is 0 Å². The molecule has 0 saturated carbocycles. The zero-order valence-electron chi connectivity index (χ0n) is 33.0. The monoisotopic (exact) mass is 795 g/mol. The van der Waals surface area contributed by atoms with Crippen LogP contribution in [0.4, 0.5) is 5.69 Å². The van der Waals surface area contributed by atoms with Crippen LogP contribution in [-0.2, 0) is 57.0 Å². The van der Waals surface area contributed by atoms with Crippen LogP contribution in [0.1, 0.15) is 73.1 Å². The van der Waals surface area contributed by atoms with Crippen molar-refractivity contribution in [1.29, 1.82) is 0 Å². The summed E-state index contributed by atoms with van der Waals surface area (Å²) in [6.45, 7) is 11.6. The minimum atomic E-state index is -1.01. The molecule has 4 amide bonds. The quantitative estimate of drug-likeness (QED) is 0.0586. The van der Waals surface area contributed by atoms with Crippen molar-refractivity contribution < 1.29 is 66.6 Å². The summed E-state index contributed by atoms with van der Waals surface area (Å²) in [6.07, 6.45) is 3.95. The van der Waals surface area contributed by atoms with Gasteiger partial charge < -0.3 is 47.9 Å². The lowest BCUT2D eigenvalue weighted by molar-refractivity contribution is -0.150. The second-order valence-electron chi connectivity index (χ2n) is 12.9. The Bertz CT molecular complexity index is 1330. The van der Waals surface area contributed by atoms with Crippen LogP contribution in [0.3, 0.4) is 0 Å². The van der Waals surface area contributed by atoms with Gasteiger partial charge in [0.15, 0.2) is 0 Å². The average molecular weight is 796 g/mol. The fourth-order valence-corrected chi connectivity index (χ4v) is 5.82. The highest BCUT2D eigenvalue weighted by molar-refractivity contribution is 6.25. The van der Waals surface area contributed by atoms with Gasteiger partial charge in [0.05, 0.1) is 123 Å². The summed E-state index contributed by atoms with van der Waals surface area (Å²) < 4.78 is 49.3. The fraction of sp³-hybridized carbons (Fsp3) is 0.718. The number of imide groups is 2. The fourth-order valence-electron chi connectivity index (χ4n) is 5.82. The van der Waals surface area contributed by atoms with E-state index in [2.05, 4.69) is 17.6 Å². The van der Waals surface area contributed by atoms with Crippen molar-refractivity contribution in [1.82, 2.24) is 10.2 Å². The zero-order chi connectivity index (χ0) is 40.2. The number of amides is 4. The van der Waals surface area contributed by atoms with Gasteiger partial charge in [-0.2, -0.15) is 0 Å². The van der Waals surface area contributed by atoms with Crippen LogP contribution in [-0.4, -0.2) is 159 Å². The van der Waals surface area contributed by atoms with Crippen LogP contribution in [0.2, 0.25) is 0 Å². The third-order valence-corrected chi connectivity index (χ3v) is 8.84. The normalized spacial score (nSPS) is 16.0. The molecule has 1 aromatic carbocycles. The molecule has 56 heavy (non-hydrogen) atoms. The average Bonchev–Trinajstić information content (AvgIpc) is 3.45. The number of ether oxygens (including phenoxy) is 9. The number of nitrogens with one attached hydrogen (secondary N) is 2. The van der Waals surface area contributed by atoms with Gasteiger partial charge in [0, 0.05) is 18.7 Å². The van der Waals surface area contributed by atoms with Gasteiger partial charge in [-0.15, -0.1) is 0 Å². The van der Waals surface area contributed by atoms with E-state index in [9.17, 15) is 24.0 Å². The van der Waals surface area contributed by atoms with Crippen molar-refractivity contribution in [3.63, 3.8) is 0 Å². The van der Waals surface area contributed by atoms with E-state index in [1.54, 1.807) is 18.2 Å². The first-order valence-electron chi connectivity index (χ1n) is 19.8. The van der Waals surface area contributed by atoms with Crippen molar-refractivity contribution in [2.75, 3.05) is 124 Å². The van der Waals surface area contributed by atoms with E-state index < -0.39 is 29.7 Å². The molecule has 2 N–H and O–H groups in total. The van der Waals surface area contributed by atoms with Crippen molar-refractivity contribution in [2.45, 2.75) is 58.4 Å². The van der Waals surface area contributed by atoms with Crippen LogP contribution in [0.25, 0.3) is 0 Å². The predicted molar refractivity (Wildman–Crippen MR) is 202 cm³/mol. The molecule has 2 heterocycles.